The van der Waals surface area contributed by atoms with E-state index in [1.807, 2.05) is 0 Å². The highest BCUT2D eigenvalue weighted by Gasteiger charge is 2.13. The lowest BCUT2D eigenvalue weighted by atomic mass is 9.86. The van der Waals surface area contributed by atoms with Crippen LogP contribution in [0, 0.1) is 0 Å². The zero-order valence-corrected chi connectivity index (χ0v) is 23.3. The summed E-state index contributed by atoms with van der Waals surface area (Å²) in [7, 11) is 0. The zero-order valence-electron chi connectivity index (χ0n) is 23.3. The van der Waals surface area contributed by atoms with Gasteiger partial charge in [-0.25, -0.2) is 0 Å². The minimum atomic E-state index is 0.217. The highest BCUT2D eigenvalue weighted by molar-refractivity contribution is 5.50. The Morgan fingerprint density at radius 1 is 0.611 bits per heavy atom. The van der Waals surface area contributed by atoms with Crippen LogP contribution in [0.4, 0.5) is 0 Å². The van der Waals surface area contributed by atoms with Crippen LogP contribution in [0.15, 0.2) is 91.0 Å². The lowest BCUT2D eigenvalue weighted by Crippen LogP contribution is -2.10. The largest absolute Gasteiger partial charge is 0.0839 e. The second-order valence-corrected chi connectivity index (χ2v) is 11.5. The van der Waals surface area contributed by atoms with Gasteiger partial charge in [-0.2, -0.15) is 0 Å². The van der Waals surface area contributed by atoms with E-state index in [2.05, 4.69) is 125 Å². The normalized spacial score (nSPS) is 13.7. The lowest BCUT2D eigenvalue weighted by molar-refractivity contribution is 0.491. The van der Waals surface area contributed by atoms with Crippen molar-refractivity contribution in [2.45, 2.75) is 103 Å². The van der Waals surface area contributed by atoms with Gasteiger partial charge in [-0.3, -0.25) is 0 Å². The van der Waals surface area contributed by atoms with E-state index in [-0.39, 0.29) is 5.41 Å². The number of unbranched alkanes of at least 4 members (excludes halogenated alkanes) is 3. The Bertz CT molecular complexity index is 989. The molecule has 3 rings (SSSR count). The molecule has 36 heavy (non-hydrogen) atoms. The number of rotatable bonds is 14. The first-order chi connectivity index (χ1) is 17.5. The fourth-order valence-electron chi connectivity index (χ4n) is 5.29. The Hall–Kier alpha value is -2.60. The fraction of sp³-hybridized carbons (Fsp3) is 0.444. The van der Waals surface area contributed by atoms with Gasteiger partial charge >= 0.3 is 0 Å². The van der Waals surface area contributed by atoms with Crippen molar-refractivity contribution in [3.8, 4) is 0 Å². The standard InChI is InChI=1S/C36H48/c1-5-31(32-20-13-8-14-21-32)19-11-7-15-23-33(34-24-16-9-17-25-34)22-12-6-10-18-30-26-28-35(29-27-30)36(2,3)4/h8-10,13-14,16-18,20-21,24-29,31,33H,5-7,11-12,15,19,22-23H2,1-4H3. The van der Waals surface area contributed by atoms with Crippen molar-refractivity contribution in [2.75, 3.05) is 0 Å². The molecule has 0 bridgehead atoms. The molecule has 2 unspecified atom stereocenters. The maximum Gasteiger partial charge on any atom is -0.0132 e. The van der Waals surface area contributed by atoms with E-state index >= 15 is 0 Å². The summed E-state index contributed by atoms with van der Waals surface area (Å²) in [6.07, 6.45) is 16.2. The van der Waals surface area contributed by atoms with Gasteiger partial charge in [0, 0.05) is 0 Å². The third kappa shape index (κ3) is 9.45. The molecule has 0 amide bonds. The lowest BCUT2D eigenvalue weighted by Gasteiger charge is -2.19. The Balaban J connectivity index is 1.43. The monoisotopic (exact) mass is 480 g/mol. The molecule has 0 radical (unpaired) electrons. The minimum absolute atomic E-state index is 0.217. The maximum atomic E-state index is 2.36. The SMILES string of the molecule is CCC(CCCCCC(CCCC=Cc1ccc(C(C)(C)C)cc1)c1ccccc1)c1ccccc1. The molecule has 0 N–H and O–H groups in total. The van der Waals surface area contributed by atoms with E-state index in [1.54, 1.807) is 0 Å². The van der Waals surface area contributed by atoms with E-state index in [0.717, 1.165) is 6.42 Å². The number of benzene rings is 3. The average molecular weight is 481 g/mol. The molecular weight excluding hydrogens is 432 g/mol. The quantitative estimate of drug-likeness (QED) is 0.201. The van der Waals surface area contributed by atoms with E-state index in [4.69, 9.17) is 0 Å². The second-order valence-electron chi connectivity index (χ2n) is 11.5. The molecule has 3 aromatic carbocycles. The van der Waals surface area contributed by atoms with Crippen LogP contribution in [0.2, 0.25) is 0 Å². The van der Waals surface area contributed by atoms with E-state index in [0.29, 0.717) is 11.8 Å². The van der Waals surface area contributed by atoms with Crippen LogP contribution in [0.3, 0.4) is 0 Å². The van der Waals surface area contributed by atoms with Gasteiger partial charge in [0.25, 0.3) is 0 Å². The van der Waals surface area contributed by atoms with Crippen molar-refractivity contribution in [3.63, 3.8) is 0 Å². The predicted octanol–water partition coefficient (Wildman–Crippen LogP) is 11.1. The molecule has 0 aliphatic rings. The van der Waals surface area contributed by atoms with Crippen molar-refractivity contribution >= 4 is 6.08 Å². The van der Waals surface area contributed by atoms with E-state index in [1.165, 1.54) is 73.6 Å². The van der Waals surface area contributed by atoms with E-state index < -0.39 is 0 Å². The van der Waals surface area contributed by atoms with Crippen LogP contribution in [0.1, 0.15) is 120 Å². The van der Waals surface area contributed by atoms with Gasteiger partial charge in [0.15, 0.2) is 0 Å². The molecule has 0 saturated carbocycles. The summed E-state index contributed by atoms with van der Waals surface area (Å²) in [6, 6.07) is 31.4. The van der Waals surface area contributed by atoms with Crippen LogP contribution in [0.5, 0.6) is 0 Å². The molecule has 0 saturated heterocycles. The molecular formula is C36H48. The predicted molar refractivity (Wildman–Crippen MR) is 160 cm³/mol. The van der Waals surface area contributed by atoms with Crippen LogP contribution >= 0.6 is 0 Å². The van der Waals surface area contributed by atoms with Crippen LogP contribution < -0.4 is 0 Å². The summed E-state index contributed by atoms with van der Waals surface area (Å²) >= 11 is 0. The number of allylic oxidation sites excluding steroid dienone is 1. The highest BCUT2D eigenvalue weighted by Crippen LogP contribution is 2.30. The third-order valence-corrected chi connectivity index (χ3v) is 7.65. The van der Waals surface area contributed by atoms with Crippen molar-refractivity contribution in [3.05, 3.63) is 113 Å². The first-order valence-electron chi connectivity index (χ1n) is 14.3. The molecule has 0 heterocycles. The zero-order chi connectivity index (χ0) is 25.6. The Morgan fingerprint density at radius 2 is 1.14 bits per heavy atom. The van der Waals surface area contributed by atoms with Gasteiger partial charge in [-0.15, -0.1) is 0 Å². The van der Waals surface area contributed by atoms with Gasteiger partial charge < -0.3 is 0 Å². The Labute approximate surface area is 221 Å². The first-order valence-corrected chi connectivity index (χ1v) is 14.3. The van der Waals surface area contributed by atoms with Gasteiger partial charge in [-0.05, 0) is 78.0 Å². The van der Waals surface area contributed by atoms with Crippen molar-refractivity contribution < 1.29 is 0 Å². The maximum absolute atomic E-state index is 2.36. The van der Waals surface area contributed by atoms with Gasteiger partial charge in [0.2, 0.25) is 0 Å². The molecule has 192 valence electrons. The van der Waals surface area contributed by atoms with Gasteiger partial charge in [0.1, 0.15) is 0 Å². The Kier molecular flexibility index (Phi) is 11.5. The van der Waals surface area contributed by atoms with Crippen molar-refractivity contribution in [1.29, 1.82) is 0 Å². The molecule has 3 aromatic rings. The third-order valence-electron chi connectivity index (χ3n) is 7.65. The van der Waals surface area contributed by atoms with Crippen molar-refractivity contribution in [1.82, 2.24) is 0 Å². The van der Waals surface area contributed by atoms with Crippen LogP contribution in [0.25, 0.3) is 6.08 Å². The molecule has 0 nitrogen and oxygen atoms in total. The smallest absolute Gasteiger partial charge is 0.0132 e. The summed E-state index contributed by atoms with van der Waals surface area (Å²) in [5.41, 5.74) is 5.96. The number of hydrogen-bond acceptors (Lipinski definition) is 0. The molecule has 0 spiro atoms. The first kappa shape index (κ1) is 28.0. The minimum Gasteiger partial charge on any atom is -0.0839 e. The molecule has 0 aromatic heterocycles. The van der Waals surface area contributed by atoms with Gasteiger partial charge in [0.05, 0.1) is 0 Å². The average Bonchev–Trinajstić information content (AvgIpc) is 2.90. The molecule has 0 fully saturated rings. The fourth-order valence-corrected chi connectivity index (χ4v) is 5.29. The summed E-state index contributed by atoms with van der Waals surface area (Å²) in [4.78, 5) is 0. The van der Waals surface area contributed by atoms with Crippen LogP contribution in [-0.2, 0) is 5.41 Å². The number of hydrogen-bond donors (Lipinski definition) is 0. The van der Waals surface area contributed by atoms with Crippen LogP contribution in [-0.4, -0.2) is 0 Å². The molecule has 2 atom stereocenters. The van der Waals surface area contributed by atoms with Gasteiger partial charge in [-0.1, -0.05) is 144 Å². The second kappa shape index (κ2) is 14.8. The topological polar surface area (TPSA) is 0 Å². The molecule has 0 heteroatoms. The summed E-state index contributed by atoms with van der Waals surface area (Å²) in [5.74, 6) is 1.40. The summed E-state index contributed by atoms with van der Waals surface area (Å²) < 4.78 is 0. The summed E-state index contributed by atoms with van der Waals surface area (Å²) in [5, 5.41) is 0. The van der Waals surface area contributed by atoms with Crippen molar-refractivity contribution in [2.24, 2.45) is 0 Å². The summed E-state index contributed by atoms with van der Waals surface area (Å²) in [6.45, 7) is 9.15. The molecule has 0 aliphatic heterocycles. The molecule has 0 aliphatic carbocycles. The highest BCUT2D eigenvalue weighted by atomic mass is 14.2. The Morgan fingerprint density at radius 3 is 1.69 bits per heavy atom. The van der Waals surface area contributed by atoms with E-state index in [9.17, 15) is 0 Å².